The van der Waals surface area contributed by atoms with Crippen LogP contribution in [0.4, 0.5) is 0 Å². The van der Waals surface area contributed by atoms with Crippen molar-refractivity contribution in [3.63, 3.8) is 0 Å². The second-order valence-electron chi connectivity index (χ2n) is 4.74. The van der Waals surface area contributed by atoms with Gasteiger partial charge in [0.05, 0.1) is 5.56 Å². The summed E-state index contributed by atoms with van der Waals surface area (Å²) in [5, 5.41) is 0. The summed E-state index contributed by atoms with van der Waals surface area (Å²) < 4.78 is 9.69. The highest BCUT2D eigenvalue weighted by atomic mass is 16.5. The van der Waals surface area contributed by atoms with Crippen LogP contribution < -0.4 is 10.5 Å². The van der Waals surface area contributed by atoms with E-state index >= 15 is 0 Å². The van der Waals surface area contributed by atoms with Crippen LogP contribution in [0.15, 0.2) is 48.5 Å². The molecule has 23 heavy (non-hydrogen) atoms. The Balaban J connectivity index is 2.08. The van der Waals surface area contributed by atoms with Crippen molar-refractivity contribution in [1.29, 1.82) is 0 Å². The lowest BCUT2D eigenvalue weighted by Gasteiger charge is -2.06. The molecule has 0 aliphatic carbocycles. The third-order valence-electron chi connectivity index (χ3n) is 2.92. The van der Waals surface area contributed by atoms with Gasteiger partial charge in [0.1, 0.15) is 5.75 Å². The second kappa shape index (κ2) is 7.22. The number of rotatable bonds is 5. The van der Waals surface area contributed by atoms with Crippen LogP contribution in [0.5, 0.6) is 5.75 Å². The zero-order valence-electron chi connectivity index (χ0n) is 12.4. The van der Waals surface area contributed by atoms with Crippen LogP contribution in [-0.2, 0) is 14.3 Å². The first-order valence-corrected chi connectivity index (χ1v) is 6.80. The first-order valence-electron chi connectivity index (χ1n) is 6.80. The average molecular weight is 313 g/mol. The minimum absolute atomic E-state index is 0.325. The van der Waals surface area contributed by atoms with Crippen LogP contribution >= 0.6 is 0 Å². The van der Waals surface area contributed by atoms with Crippen LogP contribution in [0.3, 0.4) is 0 Å². The number of benzene rings is 2. The molecule has 0 aromatic heterocycles. The molecule has 0 unspecified atom stereocenters. The Morgan fingerprint density at radius 1 is 0.913 bits per heavy atom. The molecule has 0 aliphatic heterocycles. The molecule has 6 nitrogen and oxygen atoms in total. The van der Waals surface area contributed by atoms with E-state index in [-0.39, 0.29) is 5.97 Å². The molecule has 0 heterocycles. The number of carbonyl (C=O) groups is 3. The summed E-state index contributed by atoms with van der Waals surface area (Å²) in [6.45, 7) is 0.891. The molecule has 0 spiro atoms. The highest BCUT2D eigenvalue weighted by Gasteiger charge is 2.09. The third kappa shape index (κ3) is 4.67. The number of esters is 2. The lowest BCUT2D eigenvalue weighted by Crippen LogP contribution is -2.20. The van der Waals surface area contributed by atoms with E-state index in [1.165, 1.54) is 6.92 Å². The quantitative estimate of drug-likeness (QED) is 0.672. The number of hydrogen-bond donors (Lipinski definition) is 1. The predicted molar refractivity (Wildman–Crippen MR) is 82.7 cm³/mol. The minimum atomic E-state index is -0.706. The fourth-order valence-corrected chi connectivity index (χ4v) is 1.90. The van der Waals surface area contributed by atoms with Gasteiger partial charge in [-0.05, 0) is 35.4 Å². The van der Waals surface area contributed by atoms with Gasteiger partial charge in [-0.25, -0.2) is 4.79 Å². The Morgan fingerprint density at radius 2 is 1.43 bits per heavy atom. The van der Waals surface area contributed by atoms with Crippen molar-refractivity contribution in [2.75, 3.05) is 6.61 Å². The first-order chi connectivity index (χ1) is 11.0. The summed E-state index contributed by atoms with van der Waals surface area (Å²) in [4.78, 5) is 33.1. The van der Waals surface area contributed by atoms with Crippen molar-refractivity contribution >= 4 is 17.8 Å². The summed E-state index contributed by atoms with van der Waals surface area (Å²) in [7, 11) is 0. The van der Waals surface area contributed by atoms with Gasteiger partial charge in [-0.1, -0.05) is 24.3 Å². The van der Waals surface area contributed by atoms with Gasteiger partial charge in [0.2, 0.25) is 0 Å². The zero-order valence-corrected chi connectivity index (χ0v) is 12.4. The number of nitrogens with two attached hydrogens (primary N) is 1. The van der Waals surface area contributed by atoms with Gasteiger partial charge < -0.3 is 15.2 Å². The Morgan fingerprint density at radius 3 is 1.91 bits per heavy atom. The van der Waals surface area contributed by atoms with Crippen LogP contribution in [0.1, 0.15) is 17.3 Å². The van der Waals surface area contributed by atoms with Gasteiger partial charge in [0.25, 0.3) is 5.91 Å². The normalized spacial score (nSPS) is 9.96. The number of ether oxygens (including phenoxy) is 2. The maximum Gasteiger partial charge on any atom is 0.338 e. The molecule has 2 rings (SSSR count). The van der Waals surface area contributed by atoms with Gasteiger partial charge in [-0.15, -0.1) is 0 Å². The molecule has 0 aliphatic rings. The zero-order chi connectivity index (χ0) is 16.8. The molecule has 0 saturated carbocycles. The largest absolute Gasteiger partial charge is 0.452 e. The first kappa shape index (κ1) is 16.2. The maximum atomic E-state index is 11.7. The van der Waals surface area contributed by atoms with Crippen LogP contribution in [0, 0.1) is 0 Å². The topological polar surface area (TPSA) is 95.7 Å². The summed E-state index contributed by atoms with van der Waals surface area (Å²) in [6.07, 6.45) is 0. The minimum Gasteiger partial charge on any atom is -0.452 e. The van der Waals surface area contributed by atoms with E-state index < -0.39 is 18.5 Å². The smallest absolute Gasteiger partial charge is 0.338 e. The number of hydrogen-bond acceptors (Lipinski definition) is 5. The maximum absolute atomic E-state index is 11.7. The Bertz CT molecular complexity index is 720. The monoisotopic (exact) mass is 313 g/mol. The number of primary amides is 1. The van der Waals surface area contributed by atoms with E-state index in [0.717, 1.165) is 11.1 Å². The van der Waals surface area contributed by atoms with E-state index in [1.54, 1.807) is 48.5 Å². The molecule has 6 heteroatoms. The summed E-state index contributed by atoms with van der Waals surface area (Å²) >= 11 is 0. The van der Waals surface area contributed by atoms with E-state index in [4.69, 9.17) is 15.2 Å². The molecule has 0 bridgehead atoms. The van der Waals surface area contributed by atoms with E-state index in [9.17, 15) is 14.4 Å². The van der Waals surface area contributed by atoms with Crippen molar-refractivity contribution in [2.24, 2.45) is 5.73 Å². The van der Waals surface area contributed by atoms with Crippen LogP contribution in [-0.4, -0.2) is 24.5 Å². The van der Waals surface area contributed by atoms with E-state index in [0.29, 0.717) is 11.3 Å². The van der Waals surface area contributed by atoms with E-state index in [2.05, 4.69) is 0 Å². The fraction of sp³-hybridized carbons (Fsp3) is 0.118. The second-order valence-corrected chi connectivity index (χ2v) is 4.74. The molecule has 2 aromatic rings. The highest BCUT2D eigenvalue weighted by molar-refractivity contribution is 5.91. The lowest BCUT2D eigenvalue weighted by molar-refractivity contribution is -0.131. The standard InChI is InChI=1S/C17H15NO5/c1-11(19)23-15-8-6-13(7-9-15)12-2-4-14(5-3-12)17(21)22-10-16(18)20/h2-9H,10H2,1H3,(H2,18,20). The molecular formula is C17H15NO5. The van der Waals surface area contributed by atoms with Gasteiger partial charge in [0.15, 0.2) is 6.61 Å². The SMILES string of the molecule is CC(=O)Oc1ccc(-c2ccc(C(=O)OCC(N)=O)cc2)cc1. The van der Waals surface area contributed by atoms with Crippen molar-refractivity contribution < 1.29 is 23.9 Å². The van der Waals surface area contributed by atoms with Crippen molar-refractivity contribution in [1.82, 2.24) is 0 Å². The van der Waals surface area contributed by atoms with Crippen molar-refractivity contribution in [2.45, 2.75) is 6.92 Å². The lowest BCUT2D eigenvalue weighted by atomic mass is 10.0. The predicted octanol–water partition coefficient (Wildman–Crippen LogP) is 1.92. The number of carbonyl (C=O) groups excluding carboxylic acids is 3. The molecule has 2 aromatic carbocycles. The van der Waals surface area contributed by atoms with Crippen LogP contribution in [0.2, 0.25) is 0 Å². The summed E-state index contributed by atoms with van der Waals surface area (Å²) in [5.74, 6) is -1.23. The Kier molecular flexibility index (Phi) is 5.09. The fourth-order valence-electron chi connectivity index (χ4n) is 1.90. The molecular weight excluding hydrogens is 298 g/mol. The number of amides is 1. The average Bonchev–Trinajstić information content (AvgIpc) is 2.53. The molecule has 0 fully saturated rings. The molecule has 0 radical (unpaired) electrons. The molecule has 1 amide bonds. The van der Waals surface area contributed by atoms with Crippen molar-refractivity contribution in [3.8, 4) is 16.9 Å². The van der Waals surface area contributed by atoms with Gasteiger partial charge in [0, 0.05) is 6.92 Å². The molecule has 2 N–H and O–H groups in total. The highest BCUT2D eigenvalue weighted by Crippen LogP contribution is 2.23. The molecule has 0 saturated heterocycles. The van der Waals surface area contributed by atoms with Gasteiger partial charge in [-0.3, -0.25) is 9.59 Å². The third-order valence-corrected chi connectivity index (χ3v) is 2.92. The Hall–Kier alpha value is -3.15. The van der Waals surface area contributed by atoms with E-state index in [1.807, 2.05) is 0 Å². The molecule has 118 valence electrons. The molecule has 0 atom stereocenters. The summed E-state index contributed by atoms with van der Waals surface area (Å²) in [6, 6.07) is 13.7. The Labute approximate surface area is 132 Å². The van der Waals surface area contributed by atoms with Gasteiger partial charge >= 0.3 is 11.9 Å². The van der Waals surface area contributed by atoms with Crippen LogP contribution in [0.25, 0.3) is 11.1 Å². The van der Waals surface area contributed by atoms with Gasteiger partial charge in [-0.2, -0.15) is 0 Å². The van der Waals surface area contributed by atoms with Crippen molar-refractivity contribution in [3.05, 3.63) is 54.1 Å². The summed E-state index contributed by atoms with van der Waals surface area (Å²) in [5.41, 5.74) is 7.02.